The lowest BCUT2D eigenvalue weighted by molar-refractivity contribution is -0.149. The summed E-state index contributed by atoms with van der Waals surface area (Å²) in [6.07, 6.45) is 0. The molecule has 0 saturated heterocycles. The number of esters is 2. The Kier molecular flexibility index (Phi) is 6.81. The molecule has 0 aliphatic heterocycles. The zero-order valence-electron chi connectivity index (χ0n) is 14.3. The number of rotatable bonds is 7. The summed E-state index contributed by atoms with van der Waals surface area (Å²) in [5, 5.41) is 2.63. The predicted molar refractivity (Wildman–Crippen MR) is 84.1 cm³/mol. The van der Waals surface area contributed by atoms with Crippen LogP contribution in [0.5, 0.6) is 0 Å². The van der Waals surface area contributed by atoms with Crippen molar-refractivity contribution in [2.45, 2.75) is 47.2 Å². The third-order valence-electron chi connectivity index (χ3n) is 3.17. The molecule has 1 amide bonds. The van der Waals surface area contributed by atoms with Gasteiger partial charge in [-0.05, 0) is 40.7 Å². The number of aryl methyl sites for hydroxylation is 1. The molecule has 1 heterocycles. The average Bonchev–Trinajstić information content (AvgIpc) is 2.73. The van der Waals surface area contributed by atoms with Crippen molar-refractivity contribution in [3.8, 4) is 0 Å². The number of ether oxygens (including phenoxy) is 2. The van der Waals surface area contributed by atoms with Gasteiger partial charge in [0.2, 0.25) is 0 Å². The summed E-state index contributed by atoms with van der Waals surface area (Å²) in [7, 11) is 0. The molecule has 7 nitrogen and oxygen atoms in total. The van der Waals surface area contributed by atoms with Gasteiger partial charge in [-0.1, -0.05) is 0 Å². The Morgan fingerprint density at radius 2 is 1.87 bits per heavy atom. The van der Waals surface area contributed by atoms with Crippen LogP contribution in [0.2, 0.25) is 0 Å². The van der Waals surface area contributed by atoms with Crippen molar-refractivity contribution < 1.29 is 23.9 Å². The molecule has 0 fully saturated rings. The van der Waals surface area contributed by atoms with Gasteiger partial charge in [0.05, 0.1) is 12.2 Å². The molecule has 1 aromatic rings. The van der Waals surface area contributed by atoms with E-state index in [0.717, 1.165) is 5.69 Å². The van der Waals surface area contributed by atoms with E-state index in [1.54, 1.807) is 31.4 Å². The first-order valence-electron chi connectivity index (χ1n) is 7.55. The molecular weight excluding hydrogens is 300 g/mol. The molecule has 0 aliphatic carbocycles. The summed E-state index contributed by atoms with van der Waals surface area (Å²) in [6, 6.07) is 1.66. The fourth-order valence-electron chi connectivity index (χ4n) is 2.14. The summed E-state index contributed by atoms with van der Waals surface area (Å²) in [5.74, 6) is -1.31. The number of nitrogens with one attached hydrogen (secondary N) is 1. The number of amides is 1. The summed E-state index contributed by atoms with van der Waals surface area (Å²) < 4.78 is 11.6. The van der Waals surface area contributed by atoms with Gasteiger partial charge in [0.25, 0.3) is 5.91 Å². The van der Waals surface area contributed by atoms with Crippen LogP contribution in [0.25, 0.3) is 0 Å². The minimum Gasteiger partial charge on any atom is -0.462 e. The largest absolute Gasteiger partial charge is 0.462 e. The Balaban J connectivity index is 2.68. The fourth-order valence-corrected chi connectivity index (χ4v) is 2.14. The first-order valence-corrected chi connectivity index (χ1v) is 7.55. The van der Waals surface area contributed by atoms with Gasteiger partial charge in [0.15, 0.2) is 6.61 Å². The minimum atomic E-state index is -0.541. The normalized spacial score (nSPS) is 10.5. The summed E-state index contributed by atoms with van der Waals surface area (Å²) in [6.45, 7) is 8.80. The topological polar surface area (TPSA) is 86.6 Å². The lowest BCUT2D eigenvalue weighted by Gasteiger charge is -2.11. The number of carbonyl (C=O) groups excluding carboxylic acids is 3. The van der Waals surface area contributed by atoms with Gasteiger partial charge in [-0.3, -0.25) is 9.59 Å². The van der Waals surface area contributed by atoms with Gasteiger partial charge in [0.1, 0.15) is 6.54 Å². The fraction of sp³-hybridized carbons (Fsp3) is 0.562. The van der Waals surface area contributed by atoms with E-state index in [1.807, 2.05) is 13.8 Å². The highest BCUT2D eigenvalue weighted by Gasteiger charge is 2.19. The van der Waals surface area contributed by atoms with E-state index in [-0.39, 0.29) is 31.7 Å². The van der Waals surface area contributed by atoms with Crippen molar-refractivity contribution in [2.75, 3.05) is 13.2 Å². The molecule has 0 aliphatic rings. The molecule has 0 spiro atoms. The van der Waals surface area contributed by atoms with Crippen LogP contribution in [0.4, 0.5) is 0 Å². The van der Waals surface area contributed by atoms with Crippen molar-refractivity contribution in [2.24, 2.45) is 0 Å². The molecule has 0 bridgehead atoms. The van der Waals surface area contributed by atoms with Crippen molar-refractivity contribution in [3.05, 3.63) is 23.0 Å². The molecule has 128 valence electrons. The van der Waals surface area contributed by atoms with E-state index in [1.165, 1.54) is 0 Å². The molecule has 23 heavy (non-hydrogen) atoms. The average molecular weight is 324 g/mol. The zero-order chi connectivity index (χ0) is 17.6. The highest BCUT2D eigenvalue weighted by Crippen LogP contribution is 2.16. The van der Waals surface area contributed by atoms with E-state index in [4.69, 9.17) is 9.47 Å². The van der Waals surface area contributed by atoms with Gasteiger partial charge in [-0.15, -0.1) is 0 Å². The van der Waals surface area contributed by atoms with Crippen molar-refractivity contribution >= 4 is 17.8 Å². The van der Waals surface area contributed by atoms with E-state index < -0.39 is 11.9 Å². The first kappa shape index (κ1) is 18.7. The van der Waals surface area contributed by atoms with Crippen molar-refractivity contribution in [1.29, 1.82) is 0 Å². The summed E-state index contributed by atoms with van der Waals surface area (Å²) in [4.78, 5) is 35.2. The quantitative estimate of drug-likeness (QED) is 0.765. The number of hydrogen-bond acceptors (Lipinski definition) is 5. The maximum Gasteiger partial charge on any atom is 0.339 e. The first-order chi connectivity index (χ1) is 10.8. The zero-order valence-corrected chi connectivity index (χ0v) is 14.3. The Hall–Kier alpha value is -2.31. The van der Waals surface area contributed by atoms with Gasteiger partial charge >= 0.3 is 11.9 Å². The Morgan fingerprint density at radius 1 is 1.22 bits per heavy atom. The van der Waals surface area contributed by atoms with Crippen LogP contribution in [0.1, 0.15) is 42.5 Å². The van der Waals surface area contributed by atoms with Gasteiger partial charge in [-0.2, -0.15) is 0 Å². The molecule has 0 aromatic carbocycles. The second-order valence-corrected chi connectivity index (χ2v) is 5.47. The van der Waals surface area contributed by atoms with Crippen LogP contribution in [0.3, 0.4) is 0 Å². The maximum atomic E-state index is 11.9. The highest BCUT2D eigenvalue weighted by atomic mass is 16.5. The van der Waals surface area contributed by atoms with E-state index >= 15 is 0 Å². The molecule has 1 N–H and O–H groups in total. The van der Waals surface area contributed by atoms with Crippen LogP contribution in [0.15, 0.2) is 6.07 Å². The standard InChI is InChI=1S/C16H24N2O5/c1-6-22-16(21)13-7-11(4)18(12(13)5)8-15(20)23-9-14(19)17-10(2)3/h7,10H,6,8-9H2,1-5H3,(H,17,19). The smallest absolute Gasteiger partial charge is 0.339 e. The number of nitrogens with zero attached hydrogens (tertiary/aromatic N) is 1. The van der Waals surface area contributed by atoms with Gasteiger partial charge < -0.3 is 19.4 Å². The van der Waals surface area contributed by atoms with Crippen LogP contribution in [-0.4, -0.2) is 41.7 Å². The number of carbonyl (C=O) groups is 3. The van der Waals surface area contributed by atoms with Crippen LogP contribution in [0, 0.1) is 13.8 Å². The molecular formula is C16H24N2O5. The highest BCUT2D eigenvalue weighted by molar-refractivity contribution is 5.91. The third kappa shape index (κ3) is 5.43. The SMILES string of the molecule is CCOC(=O)c1cc(C)n(CC(=O)OCC(=O)NC(C)C)c1C. The third-order valence-corrected chi connectivity index (χ3v) is 3.17. The van der Waals surface area contributed by atoms with Crippen LogP contribution in [-0.2, 0) is 25.6 Å². The molecule has 0 atom stereocenters. The van der Waals surface area contributed by atoms with Crippen molar-refractivity contribution in [3.63, 3.8) is 0 Å². The second-order valence-electron chi connectivity index (χ2n) is 5.47. The molecule has 1 rings (SSSR count). The van der Waals surface area contributed by atoms with Crippen molar-refractivity contribution in [1.82, 2.24) is 9.88 Å². The molecule has 0 radical (unpaired) electrons. The molecule has 0 unspecified atom stereocenters. The van der Waals surface area contributed by atoms with Gasteiger partial charge in [0, 0.05) is 17.4 Å². The second kappa shape index (κ2) is 8.36. The minimum absolute atomic E-state index is 0.0118. The van der Waals surface area contributed by atoms with Crippen LogP contribution >= 0.6 is 0 Å². The number of aromatic nitrogens is 1. The lowest BCUT2D eigenvalue weighted by atomic mass is 10.2. The molecule has 7 heteroatoms. The van der Waals surface area contributed by atoms with E-state index in [0.29, 0.717) is 11.3 Å². The Labute approximate surface area is 135 Å². The Bertz CT molecular complexity index is 590. The summed E-state index contributed by atoms with van der Waals surface area (Å²) in [5.41, 5.74) is 1.80. The predicted octanol–water partition coefficient (Wildman–Crippen LogP) is 1.35. The van der Waals surface area contributed by atoms with Crippen LogP contribution < -0.4 is 5.32 Å². The summed E-state index contributed by atoms with van der Waals surface area (Å²) >= 11 is 0. The maximum absolute atomic E-state index is 11.9. The molecule has 1 aromatic heterocycles. The lowest BCUT2D eigenvalue weighted by Crippen LogP contribution is -2.34. The number of hydrogen-bond donors (Lipinski definition) is 1. The Morgan fingerprint density at radius 3 is 2.43 bits per heavy atom. The molecule has 0 saturated carbocycles. The van der Waals surface area contributed by atoms with E-state index in [2.05, 4.69) is 5.32 Å². The van der Waals surface area contributed by atoms with E-state index in [9.17, 15) is 14.4 Å². The van der Waals surface area contributed by atoms with Gasteiger partial charge in [-0.25, -0.2) is 4.79 Å². The monoisotopic (exact) mass is 324 g/mol.